The lowest BCUT2D eigenvalue weighted by Crippen LogP contribution is -2.06. The smallest absolute Gasteiger partial charge is 0.164 e. The lowest BCUT2D eigenvalue weighted by Gasteiger charge is -2.14. The third-order valence-corrected chi connectivity index (χ3v) is 3.64. The fourth-order valence-electron chi connectivity index (χ4n) is 1.46. The van der Waals surface area contributed by atoms with Crippen molar-refractivity contribution in [2.75, 3.05) is 5.32 Å². The van der Waals surface area contributed by atoms with E-state index in [1.54, 1.807) is 23.5 Å². The molecule has 0 spiro atoms. The van der Waals surface area contributed by atoms with Gasteiger partial charge in [-0.1, -0.05) is 23.7 Å². The Balaban J connectivity index is 2.18. The molecule has 0 aliphatic carbocycles. The quantitative estimate of drug-likeness (QED) is 0.837. The summed E-state index contributed by atoms with van der Waals surface area (Å²) < 4.78 is 13.6. The molecule has 1 N–H and O–H groups in total. The molecule has 16 heavy (non-hydrogen) atoms. The van der Waals surface area contributed by atoms with Gasteiger partial charge in [-0.2, -0.15) is 0 Å². The minimum absolute atomic E-state index is 0.0768. The van der Waals surface area contributed by atoms with Crippen LogP contribution < -0.4 is 5.32 Å². The van der Waals surface area contributed by atoms with Gasteiger partial charge >= 0.3 is 0 Å². The maximum Gasteiger partial charge on any atom is 0.164 e. The summed E-state index contributed by atoms with van der Waals surface area (Å²) in [6, 6.07) is 9.03. The molecule has 0 saturated heterocycles. The number of halogens is 2. The molecule has 0 amide bonds. The minimum atomic E-state index is -0.396. The summed E-state index contributed by atoms with van der Waals surface area (Å²) in [5.41, 5.74) is 0.438. The van der Waals surface area contributed by atoms with Crippen molar-refractivity contribution < 1.29 is 4.39 Å². The molecule has 0 bridgehead atoms. The van der Waals surface area contributed by atoms with Gasteiger partial charge in [-0.25, -0.2) is 4.39 Å². The largest absolute Gasteiger partial charge is 0.375 e. The van der Waals surface area contributed by atoms with Crippen LogP contribution in [0.5, 0.6) is 0 Å². The molecule has 0 aliphatic heterocycles. The van der Waals surface area contributed by atoms with Crippen LogP contribution in [0.4, 0.5) is 10.1 Å². The van der Waals surface area contributed by atoms with Crippen molar-refractivity contribution in [3.63, 3.8) is 0 Å². The van der Waals surface area contributed by atoms with Gasteiger partial charge in [0, 0.05) is 4.88 Å². The molecule has 1 aromatic heterocycles. The highest BCUT2D eigenvalue weighted by Gasteiger charge is 2.10. The molecule has 1 nitrogen and oxygen atoms in total. The molecular formula is C12H11ClFNS. The average molecular weight is 256 g/mol. The van der Waals surface area contributed by atoms with Crippen LogP contribution in [0.1, 0.15) is 17.8 Å². The molecule has 1 aromatic carbocycles. The Morgan fingerprint density at radius 3 is 2.81 bits per heavy atom. The predicted molar refractivity (Wildman–Crippen MR) is 67.8 cm³/mol. The van der Waals surface area contributed by atoms with Gasteiger partial charge in [0.25, 0.3) is 0 Å². The fourth-order valence-corrected chi connectivity index (χ4v) is 2.37. The Morgan fingerprint density at radius 2 is 2.12 bits per heavy atom. The molecule has 1 heterocycles. The zero-order valence-corrected chi connectivity index (χ0v) is 10.3. The van der Waals surface area contributed by atoms with Gasteiger partial charge in [-0.15, -0.1) is 11.3 Å². The molecule has 1 atom stereocenters. The normalized spacial score (nSPS) is 12.4. The second kappa shape index (κ2) is 4.85. The number of thiophene rings is 1. The van der Waals surface area contributed by atoms with Crippen LogP contribution in [-0.4, -0.2) is 0 Å². The third-order valence-electron chi connectivity index (χ3n) is 2.29. The van der Waals surface area contributed by atoms with E-state index < -0.39 is 5.82 Å². The van der Waals surface area contributed by atoms with Crippen molar-refractivity contribution in [1.82, 2.24) is 0 Å². The second-order valence-corrected chi connectivity index (χ2v) is 4.87. The molecule has 2 rings (SSSR count). The van der Waals surface area contributed by atoms with E-state index >= 15 is 0 Å². The van der Waals surface area contributed by atoms with Gasteiger partial charge in [0.2, 0.25) is 0 Å². The van der Waals surface area contributed by atoms with Gasteiger partial charge < -0.3 is 5.32 Å². The van der Waals surface area contributed by atoms with Crippen LogP contribution in [0.25, 0.3) is 0 Å². The summed E-state index contributed by atoms with van der Waals surface area (Å²) in [6.45, 7) is 1.99. The van der Waals surface area contributed by atoms with E-state index in [0.717, 1.165) is 0 Å². The van der Waals surface area contributed by atoms with Crippen LogP contribution in [0, 0.1) is 5.82 Å². The summed E-state index contributed by atoms with van der Waals surface area (Å²) in [6.07, 6.45) is 0. The summed E-state index contributed by atoms with van der Waals surface area (Å²) in [5, 5.41) is 5.25. The summed E-state index contributed by atoms with van der Waals surface area (Å²) in [7, 11) is 0. The van der Waals surface area contributed by atoms with E-state index in [1.807, 2.05) is 24.4 Å². The average Bonchev–Trinajstić information content (AvgIpc) is 2.78. The van der Waals surface area contributed by atoms with Crippen LogP contribution in [0.3, 0.4) is 0 Å². The van der Waals surface area contributed by atoms with Crippen molar-refractivity contribution in [2.24, 2.45) is 0 Å². The summed E-state index contributed by atoms with van der Waals surface area (Å²) in [4.78, 5) is 1.17. The number of hydrogen-bond donors (Lipinski definition) is 1. The predicted octanol–water partition coefficient (Wildman–Crippen LogP) is 4.71. The van der Waals surface area contributed by atoms with Crippen molar-refractivity contribution in [3.8, 4) is 0 Å². The van der Waals surface area contributed by atoms with Crippen LogP contribution in [0.2, 0.25) is 5.02 Å². The first kappa shape index (κ1) is 11.4. The van der Waals surface area contributed by atoms with E-state index in [4.69, 9.17) is 11.6 Å². The van der Waals surface area contributed by atoms with E-state index in [1.165, 1.54) is 10.9 Å². The van der Waals surface area contributed by atoms with E-state index in [9.17, 15) is 4.39 Å². The number of benzene rings is 1. The zero-order chi connectivity index (χ0) is 11.5. The van der Waals surface area contributed by atoms with Crippen LogP contribution in [-0.2, 0) is 0 Å². The molecule has 0 aliphatic rings. The van der Waals surface area contributed by atoms with Gasteiger partial charge in [-0.05, 0) is 30.5 Å². The van der Waals surface area contributed by atoms with Gasteiger partial charge in [0.05, 0.1) is 16.8 Å². The lowest BCUT2D eigenvalue weighted by molar-refractivity contribution is 0.628. The highest BCUT2D eigenvalue weighted by atomic mass is 35.5. The second-order valence-electron chi connectivity index (χ2n) is 3.48. The van der Waals surface area contributed by atoms with E-state index in [-0.39, 0.29) is 11.1 Å². The fraction of sp³-hybridized carbons (Fsp3) is 0.167. The number of hydrogen-bond acceptors (Lipinski definition) is 2. The first-order valence-corrected chi connectivity index (χ1v) is 6.18. The molecule has 0 fully saturated rings. The first-order valence-electron chi connectivity index (χ1n) is 4.92. The highest BCUT2D eigenvalue weighted by molar-refractivity contribution is 7.10. The third kappa shape index (κ3) is 2.36. The van der Waals surface area contributed by atoms with Crippen molar-refractivity contribution in [2.45, 2.75) is 13.0 Å². The highest BCUT2D eigenvalue weighted by Crippen LogP contribution is 2.27. The minimum Gasteiger partial charge on any atom is -0.375 e. The Kier molecular flexibility index (Phi) is 3.46. The zero-order valence-electron chi connectivity index (χ0n) is 8.71. The maximum absolute atomic E-state index is 13.6. The standard InChI is InChI=1S/C12H11ClFNS/c1-8(11-6-3-7-16-11)15-10-5-2-4-9(13)12(10)14/h2-8,15H,1H3. The monoisotopic (exact) mass is 255 g/mol. The SMILES string of the molecule is CC(Nc1cccc(Cl)c1F)c1cccs1. The number of anilines is 1. The Hall–Kier alpha value is -1.06. The maximum atomic E-state index is 13.6. The first-order chi connectivity index (χ1) is 7.68. The molecule has 0 saturated carbocycles. The molecule has 84 valence electrons. The Bertz CT molecular complexity index is 470. The molecule has 2 aromatic rings. The van der Waals surface area contributed by atoms with Gasteiger partial charge in [0.15, 0.2) is 5.82 Å². The van der Waals surface area contributed by atoms with Crippen molar-refractivity contribution >= 4 is 28.6 Å². The lowest BCUT2D eigenvalue weighted by atomic mass is 10.2. The van der Waals surface area contributed by atoms with Gasteiger partial charge in [-0.3, -0.25) is 0 Å². The molecular weight excluding hydrogens is 245 g/mol. The van der Waals surface area contributed by atoms with Crippen molar-refractivity contribution in [1.29, 1.82) is 0 Å². The topological polar surface area (TPSA) is 12.0 Å². The molecule has 4 heteroatoms. The van der Waals surface area contributed by atoms with E-state index in [2.05, 4.69) is 5.32 Å². The van der Waals surface area contributed by atoms with E-state index in [0.29, 0.717) is 5.69 Å². The van der Waals surface area contributed by atoms with Gasteiger partial charge in [0.1, 0.15) is 0 Å². The Labute approximate surface area is 103 Å². The summed E-state index contributed by atoms with van der Waals surface area (Å²) in [5.74, 6) is -0.396. The number of nitrogens with one attached hydrogen (secondary N) is 1. The molecule has 0 radical (unpaired) electrons. The van der Waals surface area contributed by atoms with Crippen LogP contribution >= 0.6 is 22.9 Å². The Morgan fingerprint density at radius 1 is 1.31 bits per heavy atom. The summed E-state index contributed by atoms with van der Waals surface area (Å²) >= 11 is 7.35. The molecule has 1 unspecified atom stereocenters. The number of rotatable bonds is 3. The van der Waals surface area contributed by atoms with Crippen molar-refractivity contribution in [3.05, 3.63) is 51.4 Å². The van der Waals surface area contributed by atoms with Crippen LogP contribution in [0.15, 0.2) is 35.7 Å².